The number of aromatic nitrogens is 3. The smallest absolute Gasteiger partial charge is 0.312 e. The van der Waals surface area contributed by atoms with Gasteiger partial charge in [0.15, 0.2) is 11.2 Å². The standard InChI is InChI=1S/C22H18N4O3S2/c1-14(20(28)26-22-25-18(13-31-22)15-7-3-2-4-8-15)29-19(27)11-16-12-30-21(24-16)17-9-5-6-10-23-17/h2-10,12-14H,11H2,1H3,(H,25,26,28). The van der Waals surface area contributed by atoms with E-state index in [2.05, 4.69) is 20.3 Å². The maximum absolute atomic E-state index is 12.4. The summed E-state index contributed by atoms with van der Waals surface area (Å²) in [6, 6.07) is 15.2. The van der Waals surface area contributed by atoms with Crippen molar-refractivity contribution in [1.82, 2.24) is 15.0 Å². The van der Waals surface area contributed by atoms with Crippen molar-refractivity contribution < 1.29 is 14.3 Å². The van der Waals surface area contributed by atoms with Gasteiger partial charge in [-0.3, -0.25) is 19.9 Å². The van der Waals surface area contributed by atoms with Crippen molar-refractivity contribution in [3.8, 4) is 22.0 Å². The van der Waals surface area contributed by atoms with Crippen LogP contribution in [0.1, 0.15) is 12.6 Å². The number of carbonyl (C=O) groups is 2. The summed E-state index contributed by atoms with van der Waals surface area (Å²) < 4.78 is 5.27. The number of pyridine rings is 1. The van der Waals surface area contributed by atoms with Gasteiger partial charge in [0.2, 0.25) is 0 Å². The lowest BCUT2D eigenvalue weighted by molar-refractivity contribution is -0.152. The molecule has 0 aliphatic heterocycles. The Morgan fingerprint density at radius 2 is 1.81 bits per heavy atom. The molecule has 0 radical (unpaired) electrons. The summed E-state index contributed by atoms with van der Waals surface area (Å²) in [5.74, 6) is -0.959. The number of anilines is 1. The largest absolute Gasteiger partial charge is 0.452 e. The van der Waals surface area contributed by atoms with Crippen LogP contribution in [0.4, 0.5) is 5.13 Å². The van der Waals surface area contributed by atoms with Gasteiger partial charge in [0.1, 0.15) is 5.01 Å². The lowest BCUT2D eigenvalue weighted by atomic mass is 10.2. The second kappa shape index (κ2) is 9.59. The molecule has 4 aromatic rings. The van der Waals surface area contributed by atoms with Crippen LogP contribution in [0.2, 0.25) is 0 Å². The normalized spacial score (nSPS) is 11.6. The second-order valence-corrected chi connectivity index (χ2v) is 8.28. The zero-order chi connectivity index (χ0) is 21.6. The predicted octanol–water partition coefficient (Wildman–Crippen LogP) is 4.44. The van der Waals surface area contributed by atoms with E-state index in [0.717, 1.165) is 22.0 Å². The molecule has 0 fully saturated rings. The van der Waals surface area contributed by atoms with Gasteiger partial charge in [-0.2, -0.15) is 0 Å². The Bertz CT molecular complexity index is 1180. The predicted molar refractivity (Wildman–Crippen MR) is 121 cm³/mol. The van der Waals surface area contributed by atoms with Crippen LogP contribution in [0.5, 0.6) is 0 Å². The van der Waals surface area contributed by atoms with Gasteiger partial charge in [0.05, 0.1) is 23.5 Å². The first-order valence-electron chi connectivity index (χ1n) is 9.45. The maximum Gasteiger partial charge on any atom is 0.312 e. The fourth-order valence-electron chi connectivity index (χ4n) is 2.71. The van der Waals surface area contributed by atoms with Gasteiger partial charge in [-0.1, -0.05) is 36.4 Å². The lowest BCUT2D eigenvalue weighted by Gasteiger charge is -2.11. The molecule has 9 heteroatoms. The van der Waals surface area contributed by atoms with Crippen molar-refractivity contribution in [2.24, 2.45) is 0 Å². The van der Waals surface area contributed by atoms with E-state index >= 15 is 0 Å². The first-order valence-corrected chi connectivity index (χ1v) is 11.2. The summed E-state index contributed by atoms with van der Waals surface area (Å²) >= 11 is 2.72. The molecule has 1 amide bonds. The van der Waals surface area contributed by atoms with Crippen LogP contribution in [-0.4, -0.2) is 32.9 Å². The molecule has 1 unspecified atom stereocenters. The van der Waals surface area contributed by atoms with Gasteiger partial charge in [-0.25, -0.2) is 9.97 Å². The Hall–Kier alpha value is -3.43. The van der Waals surface area contributed by atoms with E-state index in [1.54, 1.807) is 11.6 Å². The minimum atomic E-state index is -0.953. The number of hydrogen-bond acceptors (Lipinski definition) is 8. The van der Waals surface area contributed by atoms with Crippen LogP contribution < -0.4 is 5.32 Å². The first kappa shape index (κ1) is 20.8. The van der Waals surface area contributed by atoms with Crippen molar-refractivity contribution in [3.05, 3.63) is 71.2 Å². The van der Waals surface area contributed by atoms with Gasteiger partial charge in [0, 0.05) is 22.5 Å². The second-order valence-electron chi connectivity index (χ2n) is 6.56. The number of ether oxygens (including phenoxy) is 1. The van der Waals surface area contributed by atoms with Gasteiger partial charge in [-0.05, 0) is 19.1 Å². The molecule has 3 heterocycles. The number of nitrogens with one attached hydrogen (secondary N) is 1. The fourth-order valence-corrected chi connectivity index (χ4v) is 4.23. The van der Waals surface area contributed by atoms with Crippen molar-refractivity contribution >= 4 is 39.7 Å². The third-order valence-corrected chi connectivity index (χ3v) is 5.91. The van der Waals surface area contributed by atoms with Crippen molar-refractivity contribution in [2.75, 3.05) is 5.32 Å². The Kier molecular flexibility index (Phi) is 6.44. The first-order chi connectivity index (χ1) is 15.1. The average molecular weight is 451 g/mol. The van der Waals surface area contributed by atoms with Crippen LogP contribution in [0.25, 0.3) is 22.0 Å². The minimum Gasteiger partial charge on any atom is -0.452 e. The highest BCUT2D eigenvalue weighted by molar-refractivity contribution is 7.14. The molecule has 3 aromatic heterocycles. The molecule has 0 bridgehead atoms. The molecule has 0 aliphatic rings. The third kappa shape index (κ3) is 5.39. The van der Waals surface area contributed by atoms with E-state index in [9.17, 15) is 9.59 Å². The molecule has 31 heavy (non-hydrogen) atoms. The van der Waals surface area contributed by atoms with Crippen LogP contribution in [0.15, 0.2) is 65.5 Å². The summed E-state index contributed by atoms with van der Waals surface area (Å²) in [5, 5.41) is 7.53. The van der Waals surface area contributed by atoms with Gasteiger partial charge in [-0.15, -0.1) is 22.7 Å². The molecule has 7 nitrogen and oxygen atoms in total. The van der Waals surface area contributed by atoms with Gasteiger partial charge < -0.3 is 4.74 Å². The molecule has 0 spiro atoms. The van der Waals surface area contributed by atoms with E-state index in [1.807, 2.05) is 53.9 Å². The van der Waals surface area contributed by atoms with Gasteiger partial charge >= 0.3 is 5.97 Å². The van der Waals surface area contributed by atoms with E-state index in [4.69, 9.17) is 4.74 Å². The minimum absolute atomic E-state index is 0.0175. The summed E-state index contributed by atoms with van der Waals surface area (Å²) in [6.45, 7) is 1.53. The fraction of sp³-hybridized carbons (Fsp3) is 0.136. The molecule has 0 aliphatic carbocycles. The molecule has 4 rings (SSSR count). The van der Waals surface area contributed by atoms with Crippen LogP contribution in [-0.2, 0) is 20.7 Å². The molecule has 1 atom stereocenters. The topological polar surface area (TPSA) is 94.1 Å². The molecule has 0 saturated heterocycles. The quantitative estimate of drug-likeness (QED) is 0.418. The summed E-state index contributed by atoms with van der Waals surface area (Å²) in [4.78, 5) is 37.7. The Morgan fingerprint density at radius 1 is 1.00 bits per heavy atom. The van der Waals surface area contributed by atoms with Crippen molar-refractivity contribution in [1.29, 1.82) is 0 Å². The summed E-state index contributed by atoms with van der Waals surface area (Å²) in [6.07, 6.45) is 0.720. The van der Waals surface area contributed by atoms with E-state index in [1.165, 1.54) is 29.6 Å². The van der Waals surface area contributed by atoms with Gasteiger partial charge in [0.25, 0.3) is 5.91 Å². The Balaban J connectivity index is 1.30. The average Bonchev–Trinajstić information content (AvgIpc) is 3.45. The molecule has 0 saturated carbocycles. The number of carbonyl (C=O) groups excluding carboxylic acids is 2. The summed E-state index contributed by atoms with van der Waals surface area (Å²) in [7, 11) is 0. The van der Waals surface area contributed by atoms with Crippen LogP contribution in [0.3, 0.4) is 0 Å². The lowest BCUT2D eigenvalue weighted by Crippen LogP contribution is -2.30. The molecular weight excluding hydrogens is 432 g/mol. The number of rotatable bonds is 7. The third-order valence-electron chi connectivity index (χ3n) is 4.24. The van der Waals surface area contributed by atoms with Crippen molar-refractivity contribution in [3.63, 3.8) is 0 Å². The monoisotopic (exact) mass is 450 g/mol. The molecule has 1 N–H and O–H groups in total. The van der Waals surface area contributed by atoms with Crippen LogP contribution >= 0.6 is 22.7 Å². The summed E-state index contributed by atoms with van der Waals surface area (Å²) in [5.41, 5.74) is 3.07. The Morgan fingerprint density at radius 3 is 2.58 bits per heavy atom. The van der Waals surface area contributed by atoms with E-state index in [0.29, 0.717) is 10.8 Å². The number of thiazole rings is 2. The molecular formula is C22H18N4O3S2. The number of amides is 1. The zero-order valence-electron chi connectivity index (χ0n) is 16.5. The number of esters is 1. The maximum atomic E-state index is 12.4. The number of hydrogen-bond donors (Lipinski definition) is 1. The SMILES string of the molecule is CC(OC(=O)Cc1csc(-c2ccccn2)n1)C(=O)Nc1nc(-c2ccccc2)cs1. The number of nitrogens with zero attached hydrogens (tertiary/aromatic N) is 3. The van der Waals surface area contributed by atoms with Crippen molar-refractivity contribution in [2.45, 2.75) is 19.4 Å². The zero-order valence-corrected chi connectivity index (χ0v) is 18.2. The molecule has 156 valence electrons. The van der Waals surface area contributed by atoms with Crippen LogP contribution in [0, 0.1) is 0 Å². The van der Waals surface area contributed by atoms with E-state index in [-0.39, 0.29) is 6.42 Å². The highest BCUT2D eigenvalue weighted by Gasteiger charge is 2.20. The molecule has 1 aromatic carbocycles. The highest BCUT2D eigenvalue weighted by atomic mass is 32.1. The Labute approximate surface area is 186 Å². The number of benzene rings is 1. The highest BCUT2D eigenvalue weighted by Crippen LogP contribution is 2.25. The van der Waals surface area contributed by atoms with E-state index < -0.39 is 18.0 Å².